The van der Waals surface area contributed by atoms with Gasteiger partial charge in [0.15, 0.2) is 0 Å². The smallest absolute Gasteiger partial charge is 0.346 e. The van der Waals surface area contributed by atoms with Gasteiger partial charge in [0.05, 0.1) is 29.8 Å². The van der Waals surface area contributed by atoms with Crippen molar-refractivity contribution in [1.82, 2.24) is 0 Å². The van der Waals surface area contributed by atoms with Crippen molar-refractivity contribution in [1.29, 1.82) is 0 Å². The van der Waals surface area contributed by atoms with E-state index in [2.05, 4.69) is 0 Å². The normalized spacial score (nSPS) is 13.2. The van der Waals surface area contributed by atoms with Gasteiger partial charge in [-0.25, -0.2) is 14.1 Å². The van der Waals surface area contributed by atoms with E-state index in [1.807, 2.05) is 0 Å². The number of benzene rings is 2. The SMILES string of the molecule is COc1cccc(COc2ccc(F)c(N3C(=O)Cc4csc(C(=O)O)c4C3=O)c2)c1Cl. The topological polar surface area (TPSA) is 93.1 Å². The second kappa shape index (κ2) is 8.60. The van der Waals surface area contributed by atoms with E-state index in [4.69, 9.17) is 21.1 Å². The van der Waals surface area contributed by atoms with E-state index >= 15 is 0 Å². The number of hydrogen-bond acceptors (Lipinski definition) is 6. The molecule has 10 heteroatoms. The van der Waals surface area contributed by atoms with E-state index in [-0.39, 0.29) is 34.9 Å². The lowest BCUT2D eigenvalue weighted by Gasteiger charge is -2.26. The molecule has 7 nitrogen and oxygen atoms in total. The van der Waals surface area contributed by atoms with Crippen LogP contribution in [0.3, 0.4) is 0 Å². The van der Waals surface area contributed by atoms with Gasteiger partial charge in [-0.1, -0.05) is 23.7 Å². The number of fused-ring (bicyclic) bond motifs is 1. The van der Waals surface area contributed by atoms with Crippen molar-refractivity contribution in [2.75, 3.05) is 12.0 Å². The first-order valence-electron chi connectivity index (χ1n) is 9.26. The largest absolute Gasteiger partial charge is 0.495 e. The van der Waals surface area contributed by atoms with Gasteiger partial charge < -0.3 is 14.6 Å². The molecule has 4 rings (SSSR count). The van der Waals surface area contributed by atoms with E-state index in [9.17, 15) is 23.9 Å². The van der Waals surface area contributed by atoms with Gasteiger partial charge in [0.1, 0.15) is 28.8 Å². The summed E-state index contributed by atoms with van der Waals surface area (Å²) >= 11 is 7.11. The molecule has 1 aromatic heterocycles. The summed E-state index contributed by atoms with van der Waals surface area (Å²) in [5.74, 6) is -3.00. The molecule has 2 amide bonds. The second-order valence-electron chi connectivity index (χ2n) is 6.82. The molecule has 0 radical (unpaired) electrons. The minimum atomic E-state index is -1.29. The Morgan fingerprint density at radius 1 is 1.28 bits per heavy atom. The fraction of sp³-hybridized carbons (Fsp3) is 0.136. The first-order valence-corrected chi connectivity index (χ1v) is 10.5. The Bertz CT molecular complexity index is 1260. The molecule has 0 bridgehead atoms. The molecule has 164 valence electrons. The summed E-state index contributed by atoms with van der Waals surface area (Å²) in [4.78, 5) is 37.5. The van der Waals surface area contributed by atoms with Crippen LogP contribution in [-0.2, 0) is 17.8 Å². The van der Waals surface area contributed by atoms with Crippen molar-refractivity contribution in [2.24, 2.45) is 0 Å². The van der Waals surface area contributed by atoms with E-state index in [0.717, 1.165) is 17.4 Å². The van der Waals surface area contributed by atoms with Crippen molar-refractivity contribution in [3.05, 3.63) is 74.2 Å². The molecule has 0 spiro atoms. The third-order valence-corrected chi connectivity index (χ3v) is 6.33. The van der Waals surface area contributed by atoms with Crippen molar-refractivity contribution >= 4 is 46.4 Å². The maximum Gasteiger partial charge on any atom is 0.346 e. The number of aromatic carboxylic acids is 1. The van der Waals surface area contributed by atoms with Gasteiger partial charge in [0, 0.05) is 11.6 Å². The Morgan fingerprint density at radius 2 is 2.06 bits per heavy atom. The highest BCUT2D eigenvalue weighted by Crippen LogP contribution is 2.35. The molecule has 1 aliphatic heterocycles. The molecule has 2 heterocycles. The number of rotatable bonds is 6. The third-order valence-electron chi connectivity index (χ3n) is 4.89. The standard InChI is InChI=1S/C22H15ClFNO6S/c1-30-16-4-2-3-11(19(16)23)9-31-13-5-6-14(24)15(8-13)25-17(26)7-12-10-32-20(22(28)29)18(12)21(25)27/h2-6,8,10H,7,9H2,1H3,(H,28,29). The molecule has 0 unspecified atom stereocenters. The van der Waals surface area contributed by atoms with Crippen LogP contribution >= 0.6 is 22.9 Å². The van der Waals surface area contributed by atoms with E-state index in [1.165, 1.54) is 24.6 Å². The number of hydrogen-bond donors (Lipinski definition) is 1. The Kier molecular flexibility index (Phi) is 5.86. The van der Waals surface area contributed by atoms with Crippen LogP contribution in [-0.4, -0.2) is 30.0 Å². The Hall–Kier alpha value is -3.43. The lowest BCUT2D eigenvalue weighted by molar-refractivity contribution is -0.117. The predicted octanol–water partition coefficient (Wildman–Crippen LogP) is 4.56. The molecule has 0 fully saturated rings. The third kappa shape index (κ3) is 3.80. The van der Waals surface area contributed by atoms with Crippen molar-refractivity contribution < 1.29 is 33.4 Å². The van der Waals surface area contributed by atoms with Crippen LogP contribution in [0.5, 0.6) is 11.5 Å². The zero-order valence-electron chi connectivity index (χ0n) is 16.6. The number of carbonyl (C=O) groups excluding carboxylic acids is 2. The van der Waals surface area contributed by atoms with Crippen molar-refractivity contribution in [2.45, 2.75) is 13.0 Å². The van der Waals surface area contributed by atoms with E-state index in [1.54, 1.807) is 18.2 Å². The number of carboxylic acid groups (broad SMARTS) is 1. The highest BCUT2D eigenvalue weighted by atomic mass is 35.5. The number of anilines is 1. The van der Waals surface area contributed by atoms with Gasteiger partial charge in [0.2, 0.25) is 5.91 Å². The number of thiophene rings is 1. The van der Waals surface area contributed by atoms with Crippen LogP contribution in [0.2, 0.25) is 5.02 Å². The van der Waals surface area contributed by atoms with Crippen LogP contribution in [0.4, 0.5) is 10.1 Å². The quantitative estimate of drug-likeness (QED) is 0.525. The molecule has 0 atom stereocenters. The fourth-order valence-electron chi connectivity index (χ4n) is 3.37. The number of halogens is 2. The molecule has 32 heavy (non-hydrogen) atoms. The van der Waals surface area contributed by atoms with Crippen molar-refractivity contribution in [3.8, 4) is 11.5 Å². The molecule has 0 saturated heterocycles. The lowest BCUT2D eigenvalue weighted by atomic mass is 10.0. The molecule has 2 aromatic carbocycles. The van der Waals surface area contributed by atoms with Crippen LogP contribution in [0.15, 0.2) is 41.8 Å². The zero-order valence-corrected chi connectivity index (χ0v) is 18.1. The highest BCUT2D eigenvalue weighted by molar-refractivity contribution is 7.12. The summed E-state index contributed by atoms with van der Waals surface area (Å²) in [6, 6.07) is 8.81. The average molecular weight is 476 g/mol. The van der Waals surface area contributed by atoms with Gasteiger partial charge in [-0.3, -0.25) is 9.59 Å². The number of methoxy groups -OCH3 is 1. The lowest BCUT2D eigenvalue weighted by Crippen LogP contribution is -2.43. The van der Waals surface area contributed by atoms with E-state index < -0.39 is 23.6 Å². The number of carbonyl (C=O) groups is 3. The zero-order chi connectivity index (χ0) is 23.0. The van der Waals surface area contributed by atoms with E-state index in [0.29, 0.717) is 26.8 Å². The minimum Gasteiger partial charge on any atom is -0.495 e. The van der Waals surface area contributed by atoms with Gasteiger partial charge in [-0.15, -0.1) is 11.3 Å². The van der Waals surface area contributed by atoms with Gasteiger partial charge in [-0.2, -0.15) is 0 Å². The number of carboxylic acids is 1. The molecule has 1 N–H and O–H groups in total. The Labute approximate surface area is 190 Å². The molecule has 0 saturated carbocycles. The van der Waals surface area contributed by atoms with Crippen LogP contribution in [0, 0.1) is 5.82 Å². The molecule has 1 aliphatic rings. The summed E-state index contributed by atoms with van der Waals surface area (Å²) in [7, 11) is 1.49. The van der Waals surface area contributed by atoms with Gasteiger partial charge >= 0.3 is 5.97 Å². The summed E-state index contributed by atoms with van der Waals surface area (Å²) < 4.78 is 25.5. The minimum absolute atomic E-state index is 0.0286. The number of imide groups is 1. The van der Waals surface area contributed by atoms with Crippen molar-refractivity contribution in [3.63, 3.8) is 0 Å². The highest BCUT2D eigenvalue weighted by Gasteiger charge is 2.38. The summed E-state index contributed by atoms with van der Waals surface area (Å²) in [5, 5.41) is 11.2. The summed E-state index contributed by atoms with van der Waals surface area (Å²) in [5.41, 5.74) is 0.522. The summed E-state index contributed by atoms with van der Waals surface area (Å²) in [6.45, 7) is 0.0286. The first-order chi connectivity index (χ1) is 15.3. The number of amides is 2. The molecular weight excluding hydrogens is 461 g/mol. The fourth-order valence-corrected chi connectivity index (χ4v) is 4.52. The first kappa shape index (κ1) is 21.8. The van der Waals surface area contributed by atoms with Gasteiger partial charge in [-0.05, 0) is 29.1 Å². The monoisotopic (exact) mass is 475 g/mol. The second-order valence-corrected chi connectivity index (χ2v) is 8.07. The average Bonchev–Trinajstić information content (AvgIpc) is 3.19. The molecule has 3 aromatic rings. The van der Waals surface area contributed by atoms with Crippen LogP contribution in [0.25, 0.3) is 0 Å². The molecular formula is C22H15ClFNO6S. The van der Waals surface area contributed by atoms with Crippen LogP contribution < -0.4 is 14.4 Å². The Balaban J connectivity index is 1.64. The van der Waals surface area contributed by atoms with Crippen LogP contribution in [0.1, 0.15) is 31.2 Å². The maximum absolute atomic E-state index is 14.6. The molecule has 0 aliphatic carbocycles. The number of ether oxygens (including phenoxy) is 2. The Morgan fingerprint density at radius 3 is 2.78 bits per heavy atom. The summed E-state index contributed by atoms with van der Waals surface area (Å²) in [6.07, 6.45) is -0.213. The number of nitrogens with zero attached hydrogens (tertiary/aromatic N) is 1. The predicted molar refractivity (Wildman–Crippen MR) is 116 cm³/mol. The maximum atomic E-state index is 14.6. The van der Waals surface area contributed by atoms with Gasteiger partial charge in [0.25, 0.3) is 5.91 Å².